The maximum atomic E-state index is 12.3. The van der Waals surface area contributed by atoms with Crippen LogP contribution < -0.4 is 4.18 Å². The second-order valence-electron chi connectivity index (χ2n) is 4.38. The highest BCUT2D eigenvalue weighted by Crippen LogP contribution is 2.34. The molecule has 3 aromatic rings. The SMILES string of the molecule is O=S(=O)(Oc1ccc2c(c1)oc1cc(Br)ccc12)C(F)(F)F. The molecule has 0 saturated heterocycles. The van der Waals surface area contributed by atoms with Gasteiger partial charge in [-0.3, -0.25) is 0 Å². The summed E-state index contributed by atoms with van der Waals surface area (Å²) >= 11 is 3.28. The van der Waals surface area contributed by atoms with Crippen LogP contribution >= 0.6 is 15.9 Å². The highest BCUT2D eigenvalue weighted by atomic mass is 79.9. The average molecular weight is 395 g/mol. The smallest absolute Gasteiger partial charge is 0.456 e. The second kappa shape index (κ2) is 4.88. The third-order valence-corrected chi connectivity index (χ3v) is 4.37. The Morgan fingerprint density at radius 1 is 1.00 bits per heavy atom. The van der Waals surface area contributed by atoms with Crippen molar-refractivity contribution in [2.45, 2.75) is 5.51 Å². The van der Waals surface area contributed by atoms with Gasteiger partial charge in [0, 0.05) is 21.3 Å². The molecule has 9 heteroatoms. The normalized spacial score (nSPS) is 12.9. The molecule has 0 bridgehead atoms. The Morgan fingerprint density at radius 3 is 2.23 bits per heavy atom. The van der Waals surface area contributed by atoms with Crippen molar-refractivity contribution in [3.05, 3.63) is 40.9 Å². The van der Waals surface area contributed by atoms with Crippen molar-refractivity contribution >= 4 is 48.0 Å². The molecule has 0 atom stereocenters. The molecule has 0 unspecified atom stereocenters. The molecule has 2 aromatic carbocycles. The van der Waals surface area contributed by atoms with Gasteiger partial charge in [0.15, 0.2) is 0 Å². The lowest BCUT2D eigenvalue weighted by Gasteiger charge is -2.08. The van der Waals surface area contributed by atoms with Crippen molar-refractivity contribution in [1.29, 1.82) is 0 Å². The molecule has 0 aliphatic carbocycles. The van der Waals surface area contributed by atoms with Crippen molar-refractivity contribution in [2.75, 3.05) is 0 Å². The third kappa shape index (κ3) is 2.54. The van der Waals surface area contributed by atoms with Gasteiger partial charge in [0.1, 0.15) is 16.9 Å². The van der Waals surface area contributed by atoms with E-state index in [1.807, 2.05) is 0 Å². The fraction of sp³-hybridized carbons (Fsp3) is 0.0769. The molecule has 0 aliphatic heterocycles. The number of hydrogen-bond donors (Lipinski definition) is 0. The standard InChI is InChI=1S/C13H6BrF3O4S/c14-7-1-3-9-10-4-2-8(6-12(10)20-11(9)5-7)21-22(18,19)13(15,16)17/h1-6H. The van der Waals surface area contributed by atoms with Gasteiger partial charge in [0.25, 0.3) is 0 Å². The van der Waals surface area contributed by atoms with Crippen molar-refractivity contribution in [2.24, 2.45) is 0 Å². The summed E-state index contributed by atoms with van der Waals surface area (Å²) in [5.74, 6) is -0.469. The van der Waals surface area contributed by atoms with Gasteiger partial charge in [0.2, 0.25) is 0 Å². The Balaban J connectivity index is 2.09. The third-order valence-electron chi connectivity index (χ3n) is 2.90. The van der Waals surface area contributed by atoms with E-state index in [0.717, 1.165) is 22.0 Å². The number of rotatable bonds is 2. The fourth-order valence-electron chi connectivity index (χ4n) is 1.96. The molecule has 0 saturated carbocycles. The molecule has 0 N–H and O–H groups in total. The highest BCUT2D eigenvalue weighted by Gasteiger charge is 2.48. The van der Waals surface area contributed by atoms with Gasteiger partial charge < -0.3 is 8.60 Å². The van der Waals surface area contributed by atoms with Crippen LogP contribution in [-0.4, -0.2) is 13.9 Å². The Hall–Kier alpha value is -1.74. The van der Waals surface area contributed by atoms with E-state index in [1.54, 1.807) is 18.2 Å². The topological polar surface area (TPSA) is 56.5 Å². The molecule has 1 aromatic heterocycles. The van der Waals surface area contributed by atoms with E-state index < -0.39 is 21.4 Å². The number of fused-ring (bicyclic) bond motifs is 3. The monoisotopic (exact) mass is 394 g/mol. The van der Waals surface area contributed by atoms with Crippen molar-refractivity contribution < 1.29 is 30.2 Å². The van der Waals surface area contributed by atoms with Crippen molar-refractivity contribution in [3.63, 3.8) is 0 Å². The van der Waals surface area contributed by atoms with Gasteiger partial charge in [-0.2, -0.15) is 21.6 Å². The molecule has 4 nitrogen and oxygen atoms in total. The molecule has 0 amide bonds. The summed E-state index contributed by atoms with van der Waals surface area (Å²) in [4.78, 5) is 0. The van der Waals surface area contributed by atoms with Gasteiger partial charge in [-0.15, -0.1) is 0 Å². The van der Waals surface area contributed by atoms with E-state index >= 15 is 0 Å². The average Bonchev–Trinajstić information content (AvgIpc) is 2.73. The summed E-state index contributed by atoms with van der Waals surface area (Å²) in [5, 5.41) is 1.39. The first-order valence-electron chi connectivity index (χ1n) is 5.80. The summed E-state index contributed by atoms with van der Waals surface area (Å²) in [5.41, 5.74) is -4.75. The summed E-state index contributed by atoms with van der Waals surface area (Å²) in [6.45, 7) is 0. The van der Waals surface area contributed by atoms with E-state index in [0.29, 0.717) is 11.0 Å². The van der Waals surface area contributed by atoms with Crippen LogP contribution in [0.4, 0.5) is 13.2 Å². The molecule has 22 heavy (non-hydrogen) atoms. The zero-order valence-corrected chi connectivity index (χ0v) is 12.9. The molecular weight excluding hydrogens is 389 g/mol. The molecule has 1 heterocycles. The number of benzene rings is 2. The first kappa shape index (κ1) is 15.2. The predicted octanol–water partition coefficient (Wildman–Crippen LogP) is 4.58. The van der Waals surface area contributed by atoms with Crippen molar-refractivity contribution in [3.8, 4) is 5.75 Å². The largest absolute Gasteiger partial charge is 0.534 e. The summed E-state index contributed by atoms with van der Waals surface area (Å²) in [7, 11) is -5.71. The number of alkyl halides is 3. The number of hydrogen-bond acceptors (Lipinski definition) is 4. The van der Waals surface area contributed by atoms with E-state index in [9.17, 15) is 21.6 Å². The first-order chi connectivity index (χ1) is 10.2. The van der Waals surface area contributed by atoms with Gasteiger partial charge in [0.05, 0.1) is 0 Å². The van der Waals surface area contributed by atoms with Gasteiger partial charge in [-0.1, -0.05) is 15.9 Å². The minimum atomic E-state index is -5.71. The molecule has 0 fully saturated rings. The van der Waals surface area contributed by atoms with E-state index in [-0.39, 0.29) is 5.58 Å². The van der Waals surface area contributed by atoms with Crippen LogP contribution in [0.3, 0.4) is 0 Å². The lowest BCUT2D eigenvalue weighted by Crippen LogP contribution is -2.27. The minimum absolute atomic E-state index is 0.225. The van der Waals surface area contributed by atoms with E-state index in [4.69, 9.17) is 4.42 Å². The molecule has 0 radical (unpaired) electrons. The van der Waals surface area contributed by atoms with Crippen LogP contribution in [0, 0.1) is 0 Å². The number of halogens is 4. The van der Waals surface area contributed by atoms with Crippen molar-refractivity contribution in [1.82, 2.24) is 0 Å². The Labute approximate surface area is 130 Å². The Kier molecular flexibility index (Phi) is 3.37. The number of furan rings is 1. The lowest BCUT2D eigenvalue weighted by atomic mass is 10.1. The maximum Gasteiger partial charge on any atom is 0.534 e. The van der Waals surface area contributed by atoms with Crippen LogP contribution in [0.15, 0.2) is 45.3 Å². The van der Waals surface area contributed by atoms with Crippen LogP contribution in [0.1, 0.15) is 0 Å². The molecule has 3 rings (SSSR count). The van der Waals surface area contributed by atoms with Gasteiger partial charge in [-0.05, 0) is 30.3 Å². The molecule has 0 spiro atoms. The zero-order chi connectivity index (χ0) is 16.1. The van der Waals surface area contributed by atoms with E-state index in [2.05, 4.69) is 20.1 Å². The molecular formula is C13H6BrF3O4S. The molecule has 0 aliphatic rings. The summed E-state index contributed by atoms with van der Waals surface area (Å²) in [6.07, 6.45) is 0. The lowest BCUT2D eigenvalue weighted by molar-refractivity contribution is -0.0500. The molecule has 116 valence electrons. The van der Waals surface area contributed by atoms with E-state index in [1.165, 1.54) is 6.07 Å². The predicted molar refractivity (Wildman–Crippen MR) is 77.0 cm³/mol. The highest BCUT2D eigenvalue weighted by molar-refractivity contribution is 9.10. The first-order valence-corrected chi connectivity index (χ1v) is 8.00. The Morgan fingerprint density at radius 2 is 1.59 bits per heavy atom. The van der Waals surface area contributed by atoms with Crippen LogP contribution in [-0.2, 0) is 10.1 Å². The Bertz CT molecular complexity index is 976. The van der Waals surface area contributed by atoms with Crippen LogP contribution in [0.25, 0.3) is 21.9 Å². The van der Waals surface area contributed by atoms with Crippen LogP contribution in [0.2, 0.25) is 0 Å². The fourth-order valence-corrected chi connectivity index (χ4v) is 2.75. The van der Waals surface area contributed by atoms with Gasteiger partial charge >= 0.3 is 15.6 Å². The van der Waals surface area contributed by atoms with Crippen LogP contribution in [0.5, 0.6) is 5.75 Å². The maximum absolute atomic E-state index is 12.3. The quantitative estimate of drug-likeness (QED) is 0.471. The minimum Gasteiger partial charge on any atom is -0.456 e. The summed E-state index contributed by atoms with van der Waals surface area (Å²) < 4.78 is 69.2. The summed E-state index contributed by atoms with van der Waals surface area (Å²) in [6, 6.07) is 8.95. The van der Waals surface area contributed by atoms with Gasteiger partial charge in [-0.25, -0.2) is 0 Å². The second-order valence-corrected chi connectivity index (χ2v) is 6.84. The zero-order valence-electron chi connectivity index (χ0n) is 10.5.